The Kier molecular flexibility index (Phi) is 4.16. The van der Waals surface area contributed by atoms with E-state index in [1.165, 1.54) is 4.68 Å². The molecule has 0 aliphatic rings. The molecule has 0 radical (unpaired) electrons. The first-order chi connectivity index (χ1) is 9.93. The van der Waals surface area contributed by atoms with Crippen molar-refractivity contribution in [1.29, 1.82) is 0 Å². The number of carbonyl (C=O) groups excluding carboxylic acids is 1. The SMILES string of the molecule is CCOc1cc(C)ccc1NC(=O)c1c(N)c(C)nn1C. The van der Waals surface area contributed by atoms with E-state index in [9.17, 15) is 4.79 Å². The molecule has 1 aromatic heterocycles. The van der Waals surface area contributed by atoms with Crippen molar-refractivity contribution in [2.75, 3.05) is 17.7 Å². The Labute approximate surface area is 123 Å². The molecule has 0 aliphatic heterocycles. The summed E-state index contributed by atoms with van der Waals surface area (Å²) in [6, 6.07) is 5.62. The lowest BCUT2D eigenvalue weighted by atomic mass is 10.2. The predicted molar refractivity (Wildman–Crippen MR) is 82.7 cm³/mol. The van der Waals surface area contributed by atoms with Gasteiger partial charge < -0.3 is 15.8 Å². The van der Waals surface area contributed by atoms with Gasteiger partial charge in [0.1, 0.15) is 11.4 Å². The Morgan fingerprint density at radius 1 is 1.43 bits per heavy atom. The third-order valence-corrected chi connectivity index (χ3v) is 3.17. The van der Waals surface area contributed by atoms with Crippen molar-refractivity contribution < 1.29 is 9.53 Å². The van der Waals surface area contributed by atoms with Gasteiger partial charge in [-0.25, -0.2) is 0 Å². The van der Waals surface area contributed by atoms with Crippen LogP contribution in [0.2, 0.25) is 0 Å². The molecule has 21 heavy (non-hydrogen) atoms. The Balaban J connectivity index is 2.31. The van der Waals surface area contributed by atoms with Crippen molar-refractivity contribution in [2.45, 2.75) is 20.8 Å². The fourth-order valence-corrected chi connectivity index (χ4v) is 2.13. The summed E-state index contributed by atoms with van der Waals surface area (Å²) in [5.41, 5.74) is 8.95. The number of ether oxygens (including phenoxy) is 1. The number of anilines is 2. The number of nitrogens with zero attached hydrogens (tertiary/aromatic N) is 2. The maximum absolute atomic E-state index is 12.4. The number of nitrogens with one attached hydrogen (secondary N) is 1. The van der Waals surface area contributed by atoms with Crippen LogP contribution in [0.3, 0.4) is 0 Å². The highest BCUT2D eigenvalue weighted by Crippen LogP contribution is 2.27. The van der Waals surface area contributed by atoms with Crippen LogP contribution in [0.4, 0.5) is 11.4 Å². The summed E-state index contributed by atoms with van der Waals surface area (Å²) in [5.74, 6) is 0.337. The van der Waals surface area contributed by atoms with Crippen LogP contribution in [-0.2, 0) is 7.05 Å². The van der Waals surface area contributed by atoms with E-state index in [0.29, 0.717) is 35.1 Å². The molecule has 0 fully saturated rings. The normalized spacial score (nSPS) is 10.5. The summed E-state index contributed by atoms with van der Waals surface area (Å²) in [4.78, 5) is 12.4. The molecule has 1 heterocycles. The number of rotatable bonds is 4. The van der Waals surface area contributed by atoms with Crippen LogP contribution >= 0.6 is 0 Å². The highest BCUT2D eigenvalue weighted by molar-refractivity contribution is 6.07. The lowest BCUT2D eigenvalue weighted by Crippen LogP contribution is -2.18. The van der Waals surface area contributed by atoms with Crippen LogP contribution in [0.15, 0.2) is 18.2 Å². The van der Waals surface area contributed by atoms with E-state index in [-0.39, 0.29) is 5.91 Å². The Morgan fingerprint density at radius 2 is 2.14 bits per heavy atom. The molecular weight excluding hydrogens is 268 g/mol. The molecule has 0 aliphatic carbocycles. The summed E-state index contributed by atoms with van der Waals surface area (Å²) in [7, 11) is 1.69. The molecule has 0 saturated heterocycles. The third kappa shape index (κ3) is 2.99. The maximum atomic E-state index is 12.4. The molecule has 0 unspecified atom stereocenters. The second-order valence-electron chi connectivity index (χ2n) is 4.86. The quantitative estimate of drug-likeness (QED) is 0.904. The van der Waals surface area contributed by atoms with Crippen molar-refractivity contribution in [3.8, 4) is 5.75 Å². The monoisotopic (exact) mass is 288 g/mol. The summed E-state index contributed by atoms with van der Waals surface area (Å²) in [6.07, 6.45) is 0. The van der Waals surface area contributed by atoms with Crippen molar-refractivity contribution in [3.05, 3.63) is 35.2 Å². The summed E-state index contributed by atoms with van der Waals surface area (Å²) >= 11 is 0. The van der Waals surface area contributed by atoms with Gasteiger partial charge in [0.05, 0.1) is 23.7 Å². The molecular formula is C15H20N4O2. The van der Waals surface area contributed by atoms with Gasteiger partial charge in [0.2, 0.25) is 0 Å². The molecule has 6 heteroatoms. The van der Waals surface area contributed by atoms with E-state index in [1.54, 1.807) is 14.0 Å². The minimum atomic E-state index is -0.305. The van der Waals surface area contributed by atoms with Crippen molar-refractivity contribution in [3.63, 3.8) is 0 Å². The van der Waals surface area contributed by atoms with Gasteiger partial charge in [0.15, 0.2) is 0 Å². The molecule has 0 atom stereocenters. The fraction of sp³-hybridized carbons (Fsp3) is 0.333. The lowest BCUT2D eigenvalue weighted by Gasteiger charge is -2.12. The van der Waals surface area contributed by atoms with Gasteiger partial charge in [0, 0.05) is 7.05 Å². The van der Waals surface area contributed by atoms with Crippen molar-refractivity contribution >= 4 is 17.3 Å². The fourth-order valence-electron chi connectivity index (χ4n) is 2.13. The number of aromatic nitrogens is 2. The number of hydrogen-bond donors (Lipinski definition) is 2. The second-order valence-corrected chi connectivity index (χ2v) is 4.86. The average Bonchev–Trinajstić information content (AvgIpc) is 2.67. The van der Waals surface area contributed by atoms with E-state index in [1.807, 2.05) is 32.0 Å². The van der Waals surface area contributed by atoms with Crippen LogP contribution in [0.1, 0.15) is 28.7 Å². The third-order valence-electron chi connectivity index (χ3n) is 3.17. The molecule has 112 valence electrons. The summed E-state index contributed by atoms with van der Waals surface area (Å²) < 4.78 is 7.03. The molecule has 6 nitrogen and oxygen atoms in total. The lowest BCUT2D eigenvalue weighted by molar-refractivity contribution is 0.101. The van der Waals surface area contributed by atoms with Gasteiger partial charge in [-0.2, -0.15) is 5.10 Å². The Bertz CT molecular complexity index is 677. The maximum Gasteiger partial charge on any atom is 0.276 e. The summed E-state index contributed by atoms with van der Waals surface area (Å²) in [5, 5.41) is 6.97. The average molecular weight is 288 g/mol. The molecule has 0 bridgehead atoms. The minimum absolute atomic E-state index is 0.305. The molecule has 2 aromatic rings. The number of amides is 1. The van der Waals surface area contributed by atoms with E-state index in [4.69, 9.17) is 10.5 Å². The van der Waals surface area contributed by atoms with E-state index >= 15 is 0 Å². The number of hydrogen-bond acceptors (Lipinski definition) is 4. The van der Waals surface area contributed by atoms with Gasteiger partial charge in [-0.1, -0.05) is 6.07 Å². The minimum Gasteiger partial charge on any atom is -0.492 e. The zero-order chi connectivity index (χ0) is 15.6. The molecule has 2 rings (SSSR count). The van der Waals surface area contributed by atoms with Crippen LogP contribution in [-0.4, -0.2) is 22.3 Å². The molecule has 3 N–H and O–H groups in total. The zero-order valence-electron chi connectivity index (χ0n) is 12.7. The van der Waals surface area contributed by atoms with Crippen molar-refractivity contribution in [2.24, 2.45) is 7.05 Å². The smallest absolute Gasteiger partial charge is 0.276 e. The number of benzene rings is 1. The number of aryl methyl sites for hydroxylation is 3. The van der Waals surface area contributed by atoms with Crippen molar-refractivity contribution in [1.82, 2.24) is 9.78 Å². The topological polar surface area (TPSA) is 82.2 Å². The van der Waals surface area contributed by atoms with Crippen LogP contribution in [0, 0.1) is 13.8 Å². The van der Waals surface area contributed by atoms with Crippen LogP contribution in [0.5, 0.6) is 5.75 Å². The zero-order valence-corrected chi connectivity index (χ0v) is 12.7. The number of nitrogens with two attached hydrogens (primary N) is 1. The Morgan fingerprint density at radius 3 is 2.71 bits per heavy atom. The largest absolute Gasteiger partial charge is 0.492 e. The first-order valence-corrected chi connectivity index (χ1v) is 6.78. The number of nitrogen functional groups attached to an aromatic ring is 1. The highest BCUT2D eigenvalue weighted by atomic mass is 16.5. The molecule has 0 spiro atoms. The van der Waals surface area contributed by atoms with Gasteiger partial charge in [-0.15, -0.1) is 0 Å². The van der Waals surface area contributed by atoms with E-state index in [2.05, 4.69) is 10.4 Å². The van der Waals surface area contributed by atoms with Gasteiger partial charge in [-0.05, 0) is 38.5 Å². The molecule has 1 amide bonds. The highest BCUT2D eigenvalue weighted by Gasteiger charge is 2.19. The van der Waals surface area contributed by atoms with E-state index in [0.717, 1.165) is 5.56 Å². The summed E-state index contributed by atoms with van der Waals surface area (Å²) in [6.45, 7) is 6.16. The standard InChI is InChI=1S/C15H20N4O2/c1-5-21-12-8-9(2)6-7-11(12)17-15(20)14-13(16)10(3)18-19(14)4/h6-8H,5,16H2,1-4H3,(H,17,20). The van der Waals surface area contributed by atoms with Crippen LogP contribution < -0.4 is 15.8 Å². The molecule has 0 saturated carbocycles. The first-order valence-electron chi connectivity index (χ1n) is 6.78. The van der Waals surface area contributed by atoms with Crippen LogP contribution in [0.25, 0.3) is 0 Å². The first kappa shape index (κ1) is 14.9. The van der Waals surface area contributed by atoms with Gasteiger partial charge in [0.25, 0.3) is 5.91 Å². The molecule has 1 aromatic carbocycles. The second kappa shape index (κ2) is 5.87. The van der Waals surface area contributed by atoms with E-state index < -0.39 is 0 Å². The predicted octanol–water partition coefficient (Wildman–Crippen LogP) is 2.27. The van der Waals surface area contributed by atoms with Gasteiger partial charge in [-0.3, -0.25) is 9.48 Å². The van der Waals surface area contributed by atoms with Gasteiger partial charge >= 0.3 is 0 Å². The number of carbonyl (C=O) groups is 1. The Hall–Kier alpha value is -2.50.